The minimum Gasteiger partial charge on any atom is -0.352 e. The zero-order chi connectivity index (χ0) is 13.7. The molecule has 1 aliphatic rings. The van der Waals surface area contributed by atoms with Crippen LogP contribution in [0.3, 0.4) is 0 Å². The zero-order valence-electron chi connectivity index (χ0n) is 11.7. The van der Waals surface area contributed by atoms with Crippen LogP contribution in [0.1, 0.15) is 43.7 Å². The van der Waals surface area contributed by atoms with Gasteiger partial charge in [-0.3, -0.25) is 4.79 Å². The zero-order valence-corrected chi connectivity index (χ0v) is 11.7. The minimum atomic E-state index is 0.110. The van der Waals surface area contributed by atoms with Crippen LogP contribution in [-0.4, -0.2) is 11.9 Å². The van der Waals surface area contributed by atoms with E-state index in [1.54, 1.807) is 0 Å². The largest absolute Gasteiger partial charge is 0.352 e. The number of nitrogens with one attached hydrogen (secondary N) is 1. The van der Waals surface area contributed by atoms with E-state index < -0.39 is 0 Å². The molecule has 0 aromatic heterocycles. The van der Waals surface area contributed by atoms with Gasteiger partial charge in [0, 0.05) is 18.5 Å². The van der Waals surface area contributed by atoms with Crippen molar-refractivity contribution in [1.29, 1.82) is 0 Å². The van der Waals surface area contributed by atoms with Gasteiger partial charge in [-0.1, -0.05) is 37.6 Å². The third-order valence-electron chi connectivity index (χ3n) is 3.98. The fourth-order valence-corrected chi connectivity index (χ4v) is 2.69. The van der Waals surface area contributed by atoms with Crippen LogP contribution in [0.15, 0.2) is 24.3 Å². The molecule has 0 aliphatic heterocycles. The second-order valence-electron chi connectivity index (χ2n) is 5.51. The molecule has 0 spiro atoms. The quantitative estimate of drug-likeness (QED) is 0.873. The fraction of sp³-hybridized carbons (Fsp3) is 0.562. The van der Waals surface area contributed by atoms with Crippen LogP contribution in [-0.2, 0) is 17.8 Å². The average molecular weight is 260 g/mol. The number of hydrogen-bond donors (Lipinski definition) is 2. The first-order chi connectivity index (χ1) is 9.19. The Morgan fingerprint density at radius 1 is 1.26 bits per heavy atom. The average Bonchev–Trinajstić information content (AvgIpc) is 2.45. The normalized spacial score (nSPS) is 23.1. The van der Waals surface area contributed by atoms with Gasteiger partial charge < -0.3 is 11.1 Å². The molecule has 2 rings (SSSR count). The third kappa shape index (κ3) is 4.06. The maximum Gasteiger partial charge on any atom is 0.223 e. The highest BCUT2D eigenvalue weighted by Gasteiger charge is 2.24. The molecule has 1 saturated carbocycles. The Morgan fingerprint density at radius 2 is 1.95 bits per heavy atom. The van der Waals surface area contributed by atoms with E-state index in [0.29, 0.717) is 6.54 Å². The van der Waals surface area contributed by atoms with Crippen molar-refractivity contribution in [3.8, 4) is 0 Å². The fourth-order valence-electron chi connectivity index (χ4n) is 2.69. The van der Waals surface area contributed by atoms with E-state index in [1.807, 2.05) is 0 Å². The van der Waals surface area contributed by atoms with E-state index in [2.05, 4.69) is 36.5 Å². The molecule has 0 bridgehead atoms. The molecule has 1 amide bonds. The number of nitrogens with two attached hydrogens (primary N) is 1. The molecular formula is C16H24N2O. The molecular weight excluding hydrogens is 236 g/mol. The van der Waals surface area contributed by atoms with E-state index in [-0.39, 0.29) is 17.9 Å². The molecule has 19 heavy (non-hydrogen) atoms. The van der Waals surface area contributed by atoms with Crippen molar-refractivity contribution < 1.29 is 4.79 Å². The van der Waals surface area contributed by atoms with Gasteiger partial charge in [-0.2, -0.15) is 0 Å². The monoisotopic (exact) mass is 260 g/mol. The van der Waals surface area contributed by atoms with Crippen LogP contribution in [0.2, 0.25) is 0 Å². The Kier molecular flexibility index (Phi) is 4.97. The van der Waals surface area contributed by atoms with Crippen molar-refractivity contribution in [3.05, 3.63) is 35.4 Å². The summed E-state index contributed by atoms with van der Waals surface area (Å²) in [7, 11) is 0. The molecule has 1 aliphatic carbocycles. The van der Waals surface area contributed by atoms with Gasteiger partial charge in [0.05, 0.1) is 0 Å². The van der Waals surface area contributed by atoms with Crippen LogP contribution < -0.4 is 11.1 Å². The SMILES string of the molecule is CCc1ccc(CNC(=O)C2CCCC(N)C2)cc1. The van der Waals surface area contributed by atoms with Crippen molar-refractivity contribution in [2.24, 2.45) is 11.7 Å². The molecule has 2 atom stereocenters. The third-order valence-corrected chi connectivity index (χ3v) is 3.98. The van der Waals surface area contributed by atoms with Crippen molar-refractivity contribution in [1.82, 2.24) is 5.32 Å². The highest BCUT2D eigenvalue weighted by atomic mass is 16.1. The maximum absolute atomic E-state index is 12.1. The van der Waals surface area contributed by atoms with Crippen LogP contribution in [0, 0.1) is 5.92 Å². The predicted molar refractivity (Wildman–Crippen MR) is 77.6 cm³/mol. The van der Waals surface area contributed by atoms with E-state index in [9.17, 15) is 4.79 Å². The van der Waals surface area contributed by atoms with Gasteiger partial charge in [0.25, 0.3) is 0 Å². The Bertz CT molecular complexity index is 413. The summed E-state index contributed by atoms with van der Waals surface area (Å²) < 4.78 is 0. The van der Waals surface area contributed by atoms with Crippen molar-refractivity contribution in [2.45, 2.75) is 51.6 Å². The first-order valence-electron chi connectivity index (χ1n) is 7.30. The lowest BCUT2D eigenvalue weighted by atomic mass is 9.85. The summed E-state index contributed by atoms with van der Waals surface area (Å²) in [6.07, 6.45) is 4.99. The summed E-state index contributed by atoms with van der Waals surface area (Å²) in [4.78, 5) is 12.1. The van der Waals surface area contributed by atoms with Crippen LogP contribution in [0.4, 0.5) is 0 Å². The topological polar surface area (TPSA) is 55.1 Å². The number of carbonyl (C=O) groups is 1. The minimum absolute atomic E-state index is 0.110. The molecule has 1 aromatic carbocycles. The second-order valence-corrected chi connectivity index (χ2v) is 5.51. The van der Waals surface area contributed by atoms with E-state index in [4.69, 9.17) is 5.73 Å². The number of rotatable bonds is 4. The Morgan fingerprint density at radius 3 is 2.58 bits per heavy atom. The number of aryl methyl sites for hydroxylation is 1. The summed E-state index contributed by atoms with van der Waals surface area (Å²) in [6, 6.07) is 8.63. The Hall–Kier alpha value is -1.35. The van der Waals surface area contributed by atoms with Crippen molar-refractivity contribution in [3.63, 3.8) is 0 Å². The molecule has 2 unspecified atom stereocenters. The number of hydrogen-bond acceptors (Lipinski definition) is 2. The van der Waals surface area contributed by atoms with Gasteiger partial charge in [-0.25, -0.2) is 0 Å². The standard InChI is InChI=1S/C16H24N2O/c1-2-12-6-8-13(9-7-12)11-18-16(19)14-4-3-5-15(17)10-14/h6-9,14-15H,2-5,10-11,17H2,1H3,(H,18,19). The van der Waals surface area contributed by atoms with Gasteiger partial charge >= 0.3 is 0 Å². The first kappa shape index (κ1) is 14.1. The van der Waals surface area contributed by atoms with E-state index >= 15 is 0 Å². The van der Waals surface area contributed by atoms with Gasteiger partial charge in [0.1, 0.15) is 0 Å². The Labute approximate surface area is 115 Å². The van der Waals surface area contributed by atoms with E-state index in [1.165, 1.54) is 5.56 Å². The molecule has 0 heterocycles. The second kappa shape index (κ2) is 6.71. The Balaban J connectivity index is 1.82. The summed E-state index contributed by atoms with van der Waals surface area (Å²) in [5.74, 6) is 0.272. The van der Waals surface area contributed by atoms with Crippen LogP contribution in [0.5, 0.6) is 0 Å². The highest BCUT2D eigenvalue weighted by Crippen LogP contribution is 2.23. The lowest BCUT2D eigenvalue weighted by Crippen LogP contribution is -2.37. The molecule has 1 aromatic rings. The van der Waals surface area contributed by atoms with E-state index in [0.717, 1.165) is 37.7 Å². The van der Waals surface area contributed by atoms with Gasteiger partial charge in [-0.15, -0.1) is 0 Å². The van der Waals surface area contributed by atoms with Crippen molar-refractivity contribution in [2.75, 3.05) is 0 Å². The van der Waals surface area contributed by atoms with Crippen LogP contribution in [0.25, 0.3) is 0 Å². The lowest BCUT2D eigenvalue weighted by Gasteiger charge is -2.25. The number of benzene rings is 1. The molecule has 0 radical (unpaired) electrons. The molecule has 0 saturated heterocycles. The van der Waals surface area contributed by atoms with Crippen molar-refractivity contribution >= 4 is 5.91 Å². The smallest absolute Gasteiger partial charge is 0.223 e. The van der Waals surface area contributed by atoms with Crippen LogP contribution >= 0.6 is 0 Å². The summed E-state index contributed by atoms with van der Waals surface area (Å²) in [6.45, 7) is 2.76. The van der Waals surface area contributed by atoms with Gasteiger partial charge in [-0.05, 0) is 36.8 Å². The van der Waals surface area contributed by atoms with Gasteiger partial charge in [0.2, 0.25) is 5.91 Å². The highest BCUT2D eigenvalue weighted by molar-refractivity contribution is 5.78. The van der Waals surface area contributed by atoms with Gasteiger partial charge in [0.15, 0.2) is 0 Å². The lowest BCUT2D eigenvalue weighted by molar-refractivity contribution is -0.126. The molecule has 3 nitrogen and oxygen atoms in total. The summed E-state index contributed by atoms with van der Waals surface area (Å²) >= 11 is 0. The predicted octanol–water partition coefficient (Wildman–Crippen LogP) is 2.38. The molecule has 104 valence electrons. The molecule has 3 N–H and O–H groups in total. The number of carbonyl (C=O) groups excluding carboxylic acids is 1. The summed E-state index contributed by atoms with van der Waals surface area (Å²) in [5, 5.41) is 3.03. The first-order valence-corrected chi connectivity index (χ1v) is 7.30. The maximum atomic E-state index is 12.1. The number of amides is 1. The molecule has 1 fully saturated rings. The molecule has 3 heteroatoms. The summed E-state index contributed by atoms with van der Waals surface area (Å²) in [5.41, 5.74) is 8.41.